The molecule has 1 aromatic carbocycles. The molecule has 1 aromatic rings. The van der Waals surface area contributed by atoms with Crippen LogP contribution in [0.4, 0.5) is 0 Å². The molecule has 206 valence electrons. The number of hydrogen-bond donors (Lipinski definition) is 3. The lowest BCUT2D eigenvalue weighted by Gasteiger charge is -2.42. The van der Waals surface area contributed by atoms with Crippen LogP contribution in [-0.2, 0) is 19.1 Å². The van der Waals surface area contributed by atoms with Crippen molar-refractivity contribution in [2.45, 2.75) is 62.1 Å². The summed E-state index contributed by atoms with van der Waals surface area (Å²) in [6, 6.07) is 2.27. The number of aliphatic hydroxyl groups is 2. The summed E-state index contributed by atoms with van der Waals surface area (Å²) >= 11 is 0. The molecule has 0 aromatic heterocycles. The van der Waals surface area contributed by atoms with Gasteiger partial charge in [-0.2, -0.15) is 0 Å². The quantitative estimate of drug-likeness (QED) is 0.385. The van der Waals surface area contributed by atoms with Crippen molar-refractivity contribution in [1.29, 1.82) is 0 Å². The summed E-state index contributed by atoms with van der Waals surface area (Å²) in [5, 5.41) is 23.7. The van der Waals surface area contributed by atoms with Crippen molar-refractivity contribution in [3.05, 3.63) is 34.9 Å². The molecule has 1 unspecified atom stereocenters. The Kier molecular flexibility index (Phi) is 7.98. The van der Waals surface area contributed by atoms with E-state index in [0.29, 0.717) is 48.5 Å². The van der Waals surface area contributed by atoms with Gasteiger partial charge in [-0.05, 0) is 43.9 Å². The fourth-order valence-corrected chi connectivity index (χ4v) is 5.88. The van der Waals surface area contributed by atoms with Gasteiger partial charge in [-0.3, -0.25) is 14.4 Å². The van der Waals surface area contributed by atoms with Crippen molar-refractivity contribution in [2.75, 3.05) is 40.0 Å². The third kappa shape index (κ3) is 4.91. The molecule has 38 heavy (non-hydrogen) atoms. The molecule has 2 saturated heterocycles. The molecule has 3 heterocycles. The van der Waals surface area contributed by atoms with Crippen LogP contribution in [-0.4, -0.2) is 104 Å². The predicted octanol–water partition coefficient (Wildman–Crippen LogP) is 0.317. The Morgan fingerprint density at radius 1 is 1.21 bits per heavy atom. The van der Waals surface area contributed by atoms with Crippen LogP contribution in [0, 0.1) is 0 Å². The standard InChI is InChI=1S/C27H34N2O9/c1-35-21-11-15(14-31)10-17-22-18(26(33)28-6-7-30)12-19(23(32)25(22)38-24(17)21)29(13-16-4-2-8-36-16)27(34)20-5-3-9-37-20/h10-12,14,16,19-20,22-23,25,30,32H,2-9,13H2,1H3,(H,28,33)/t16-,19-,20?,22+,23+,25+/m1/s1. The predicted molar refractivity (Wildman–Crippen MR) is 133 cm³/mol. The van der Waals surface area contributed by atoms with Crippen molar-refractivity contribution in [2.24, 2.45) is 0 Å². The fraction of sp³-hybridized carbons (Fsp3) is 0.593. The van der Waals surface area contributed by atoms with Gasteiger partial charge in [-0.15, -0.1) is 0 Å². The molecule has 0 saturated carbocycles. The van der Waals surface area contributed by atoms with Gasteiger partial charge in [-0.1, -0.05) is 0 Å². The largest absolute Gasteiger partial charge is 0.493 e. The average Bonchev–Trinajstić information content (AvgIpc) is 3.71. The summed E-state index contributed by atoms with van der Waals surface area (Å²) in [6.07, 6.45) is 2.36. The Morgan fingerprint density at radius 2 is 2.00 bits per heavy atom. The molecule has 4 aliphatic rings. The lowest BCUT2D eigenvalue weighted by atomic mass is 9.77. The number of nitrogens with zero attached hydrogens (tertiary/aromatic N) is 1. The zero-order valence-corrected chi connectivity index (χ0v) is 21.3. The zero-order chi connectivity index (χ0) is 26.8. The minimum Gasteiger partial charge on any atom is -0.493 e. The minimum absolute atomic E-state index is 0.0284. The Labute approximate surface area is 220 Å². The summed E-state index contributed by atoms with van der Waals surface area (Å²) in [7, 11) is 1.45. The molecule has 2 fully saturated rings. The normalized spacial score (nSPS) is 29.6. The van der Waals surface area contributed by atoms with Gasteiger partial charge >= 0.3 is 0 Å². The van der Waals surface area contributed by atoms with Crippen LogP contribution in [0.15, 0.2) is 23.8 Å². The van der Waals surface area contributed by atoms with Crippen LogP contribution in [0.2, 0.25) is 0 Å². The Morgan fingerprint density at radius 3 is 2.66 bits per heavy atom. The lowest BCUT2D eigenvalue weighted by Crippen LogP contribution is -2.58. The van der Waals surface area contributed by atoms with E-state index in [1.54, 1.807) is 17.0 Å². The second-order valence-electron chi connectivity index (χ2n) is 10.0. The first-order valence-corrected chi connectivity index (χ1v) is 13.1. The third-order valence-corrected chi connectivity index (χ3v) is 7.68. The number of methoxy groups -OCH3 is 1. The molecule has 0 radical (unpaired) electrons. The van der Waals surface area contributed by atoms with Crippen LogP contribution in [0.1, 0.15) is 47.5 Å². The molecule has 11 nitrogen and oxygen atoms in total. The molecular formula is C27H34N2O9. The average molecular weight is 531 g/mol. The highest BCUT2D eigenvalue weighted by molar-refractivity contribution is 5.96. The van der Waals surface area contributed by atoms with Crippen molar-refractivity contribution < 1.29 is 43.5 Å². The van der Waals surface area contributed by atoms with Gasteiger partial charge in [0.25, 0.3) is 5.91 Å². The molecule has 0 bridgehead atoms. The second kappa shape index (κ2) is 11.4. The first-order chi connectivity index (χ1) is 18.5. The van der Waals surface area contributed by atoms with E-state index in [1.165, 1.54) is 13.2 Å². The number of nitrogens with one attached hydrogen (secondary N) is 1. The number of ether oxygens (including phenoxy) is 4. The monoisotopic (exact) mass is 530 g/mol. The number of aliphatic hydroxyl groups excluding tert-OH is 2. The summed E-state index contributed by atoms with van der Waals surface area (Å²) in [6.45, 7) is 1.11. The molecule has 1 aliphatic carbocycles. The lowest BCUT2D eigenvalue weighted by molar-refractivity contribution is -0.148. The number of carbonyl (C=O) groups excluding carboxylic acids is 3. The Hall–Kier alpha value is -2.99. The fourth-order valence-electron chi connectivity index (χ4n) is 5.88. The van der Waals surface area contributed by atoms with E-state index in [1.807, 2.05) is 0 Å². The van der Waals surface area contributed by atoms with Crippen molar-refractivity contribution in [3.8, 4) is 11.5 Å². The first-order valence-electron chi connectivity index (χ1n) is 13.1. The van der Waals surface area contributed by atoms with E-state index in [-0.39, 0.29) is 37.3 Å². The molecule has 3 aliphatic heterocycles. The highest BCUT2D eigenvalue weighted by atomic mass is 16.5. The first kappa shape index (κ1) is 26.6. The third-order valence-electron chi connectivity index (χ3n) is 7.68. The highest BCUT2D eigenvalue weighted by Crippen LogP contribution is 2.51. The maximum absolute atomic E-state index is 13.7. The van der Waals surface area contributed by atoms with Gasteiger partial charge in [-0.25, -0.2) is 0 Å². The van der Waals surface area contributed by atoms with Crippen LogP contribution < -0.4 is 14.8 Å². The SMILES string of the molecule is COc1cc(C=O)cc2c1O[C@@H]1[C@@H](O)[C@H](N(C[C@H]3CCCO3)C(=O)C3CCCO3)C=C(C(=O)NCCO)[C@H]21. The summed E-state index contributed by atoms with van der Waals surface area (Å²) in [5.74, 6) is -0.789. The topological polar surface area (TPSA) is 144 Å². The van der Waals surface area contributed by atoms with Crippen LogP contribution >= 0.6 is 0 Å². The van der Waals surface area contributed by atoms with E-state index in [0.717, 1.165) is 19.3 Å². The van der Waals surface area contributed by atoms with E-state index in [2.05, 4.69) is 5.32 Å². The highest BCUT2D eigenvalue weighted by Gasteiger charge is 2.52. The summed E-state index contributed by atoms with van der Waals surface area (Å²) in [5.41, 5.74) is 1.15. The van der Waals surface area contributed by atoms with E-state index in [9.17, 15) is 24.6 Å². The van der Waals surface area contributed by atoms with Gasteiger partial charge in [0, 0.05) is 43.0 Å². The van der Waals surface area contributed by atoms with Gasteiger partial charge in [0.1, 0.15) is 24.6 Å². The van der Waals surface area contributed by atoms with Gasteiger partial charge in [0.05, 0.1) is 31.8 Å². The van der Waals surface area contributed by atoms with Crippen molar-refractivity contribution >= 4 is 18.1 Å². The van der Waals surface area contributed by atoms with Crippen molar-refractivity contribution in [1.82, 2.24) is 10.2 Å². The molecule has 3 N–H and O–H groups in total. The maximum Gasteiger partial charge on any atom is 0.252 e. The Balaban J connectivity index is 1.57. The number of carbonyl (C=O) groups is 3. The summed E-state index contributed by atoms with van der Waals surface area (Å²) in [4.78, 5) is 40.3. The van der Waals surface area contributed by atoms with E-state index >= 15 is 0 Å². The summed E-state index contributed by atoms with van der Waals surface area (Å²) < 4.78 is 23.2. The minimum atomic E-state index is -1.20. The number of rotatable bonds is 9. The molecule has 0 spiro atoms. The molecule has 6 atom stereocenters. The number of fused-ring (bicyclic) bond motifs is 3. The van der Waals surface area contributed by atoms with Crippen molar-refractivity contribution in [3.63, 3.8) is 0 Å². The van der Waals surface area contributed by atoms with Crippen LogP contribution in [0.5, 0.6) is 11.5 Å². The molecule has 11 heteroatoms. The molecule has 2 amide bonds. The molecular weight excluding hydrogens is 496 g/mol. The van der Waals surface area contributed by atoms with Crippen LogP contribution in [0.3, 0.4) is 0 Å². The number of benzene rings is 1. The van der Waals surface area contributed by atoms with E-state index in [4.69, 9.17) is 18.9 Å². The number of amides is 2. The van der Waals surface area contributed by atoms with E-state index < -0.39 is 36.2 Å². The Bertz CT molecular complexity index is 1090. The van der Waals surface area contributed by atoms with Gasteiger partial charge in [0.2, 0.25) is 5.91 Å². The van der Waals surface area contributed by atoms with Crippen LogP contribution in [0.25, 0.3) is 0 Å². The number of aldehydes is 1. The van der Waals surface area contributed by atoms with Gasteiger partial charge < -0.3 is 39.4 Å². The van der Waals surface area contributed by atoms with Gasteiger partial charge in [0.15, 0.2) is 11.5 Å². The smallest absolute Gasteiger partial charge is 0.252 e. The molecule has 5 rings (SSSR count). The second-order valence-corrected chi connectivity index (χ2v) is 10.0. The number of hydrogen-bond acceptors (Lipinski definition) is 9. The maximum atomic E-state index is 13.7. The zero-order valence-electron chi connectivity index (χ0n) is 21.3.